The SMILES string of the molecule is Cc1cc(C(=O)NCC(=O)NCCC(=O)NCCCN[C@@H]2CCC[C@@H]3C(CCC4(C)C([C@H](C)CCCC(C)C)CC[C@@H]34)C(C)(C)CC2)ccc1-c1c2cc(F)c(=O)cc-2oc2cc(O)c(F)cc12. The number of fused-ring (bicyclic) bond motifs is 5. The fraction of sp³-hybridized carbons (Fsp3) is 0.607. The Bertz CT molecular complexity index is 2470. The van der Waals surface area contributed by atoms with E-state index in [1.165, 1.54) is 83.1 Å². The van der Waals surface area contributed by atoms with Crippen LogP contribution in [0.5, 0.6) is 5.75 Å². The smallest absolute Gasteiger partial charge is 0.251 e. The zero-order valence-corrected chi connectivity index (χ0v) is 41.6. The van der Waals surface area contributed by atoms with Gasteiger partial charge in [-0.25, -0.2) is 8.78 Å². The number of rotatable bonds is 17. The van der Waals surface area contributed by atoms with Crippen molar-refractivity contribution >= 4 is 28.7 Å². The molecular formula is C56H76F2N4O6. The van der Waals surface area contributed by atoms with E-state index in [2.05, 4.69) is 62.8 Å². The molecule has 3 fully saturated rings. The highest BCUT2D eigenvalue weighted by molar-refractivity contribution is 6.04. The van der Waals surface area contributed by atoms with E-state index in [1.54, 1.807) is 19.1 Å². The number of nitrogens with one attached hydrogen (secondary N) is 4. The highest BCUT2D eigenvalue weighted by atomic mass is 19.1. The summed E-state index contributed by atoms with van der Waals surface area (Å²) in [5.41, 5.74) is 1.91. The fourth-order valence-corrected chi connectivity index (χ4v) is 13.0. The third-order valence-electron chi connectivity index (χ3n) is 16.7. The zero-order valence-electron chi connectivity index (χ0n) is 41.6. The summed E-state index contributed by atoms with van der Waals surface area (Å²) in [6.07, 6.45) is 17.0. The Morgan fingerprint density at radius 1 is 0.794 bits per heavy atom. The third kappa shape index (κ3) is 11.6. The standard InChI is InChI=1S/C56H76F2N4O6/c1-33(2)11-8-12-34(3)42-17-18-44-39-14-9-13-37(19-22-55(5,6)43(39)20-23-56(42,44)7)59-24-10-25-60-51(65)21-26-61-52(66)32-62-54(67)36-15-16-38(35(4)27-36)53-40-28-45(57)47(63)30-49(40)68-50-31-48(64)46(58)29-41(50)53/h15-16,27-31,33-34,37,39,42-44,59,63H,8-14,17-26,32H2,1-7H3,(H,60,65)(H,61,66)(H,62,67)/t34-,37-,39-,42?,43?,44+,56?/m1/s1. The number of aryl methyl sites for hydroxylation is 1. The van der Waals surface area contributed by atoms with Gasteiger partial charge in [0.1, 0.15) is 11.3 Å². The van der Waals surface area contributed by atoms with Gasteiger partial charge in [-0.05, 0) is 153 Å². The Kier molecular flexibility index (Phi) is 16.4. The van der Waals surface area contributed by atoms with Crippen LogP contribution in [-0.4, -0.2) is 55.0 Å². The fourth-order valence-electron chi connectivity index (χ4n) is 13.0. The number of phenolic OH excluding ortho intramolecular Hbond substituents is 1. The summed E-state index contributed by atoms with van der Waals surface area (Å²) in [6.45, 7) is 18.0. The predicted molar refractivity (Wildman–Crippen MR) is 265 cm³/mol. The summed E-state index contributed by atoms with van der Waals surface area (Å²) in [5.74, 6) is 1.37. The van der Waals surface area contributed by atoms with E-state index in [0.717, 1.165) is 72.7 Å². The topological polar surface area (TPSA) is 150 Å². The van der Waals surface area contributed by atoms with Crippen molar-refractivity contribution in [3.05, 3.63) is 75.4 Å². The number of amides is 3. The Labute approximate surface area is 401 Å². The predicted octanol–water partition coefficient (Wildman–Crippen LogP) is 11.1. The molecule has 0 radical (unpaired) electrons. The zero-order chi connectivity index (χ0) is 48.9. The molecule has 4 aliphatic carbocycles. The van der Waals surface area contributed by atoms with Crippen molar-refractivity contribution in [3.8, 4) is 28.2 Å². The molecule has 7 rings (SSSR count). The molecule has 7 atom stereocenters. The first kappa shape index (κ1) is 51.0. The molecule has 3 saturated carbocycles. The van der Waals surface area contributed by atoms with Crippen LogP contribution in [0.3, 0.4) is 0 Å². The molecule has 2 aromatic rings. The van der Waals surface area contributed by atoms with E-state index in [4.69, 9.17) is 4.42 Å². The maximum absolute atomic E-state index is 14.6. The lowest BCUT2D eigenvalue weighted by Gasteiger charge is -2.54. The molecule has 0 saturated heterocycles. The van der Waals surface area contributed by atoms with Gasteiger partial charge in [-0.2, -0.15) is 0 Å². The van der Waals surface area contributed by atoms with Crippen LogP contribution in [-0.2, 0) is 9.59 Å². The molecule has 3 unspecified atom stereocenters. The van der Waals surface area contributed by atoms with Crippen molar-refractivity contribution in [2.45, 2.75) is 144 Å². The molecular weight excluding hydrogens is 863 g/mol. The number of carbonyl (C=O) groups excluding carboxylic acids is 3. The monoisotopic (exact) mass is 939 g/mol. The van der Waals surface area contributed by atoms with Crippen molar-refractivity contribution < 1.29 is 32.7 Å². The van der Waals surface area contributed by atoms with Gasteiger partial charge in [0.2, 0.25) is 17.2 Å². The van der Waals surface area contributed by atoms with Crippen LogP contribution < -0.4 is 26.7 Å². The Morgan fingerprint density at radius 3 is 2.34 bits per heavy atom. The second-order valence-corrected chi connectivity index (χ2v) is 22.1. The first-order valence-electron chi connectivity index (χ1n) is 25.6. The van der Waals surface area contributed by atoms with Gasteiger partial charge >= 0.3 is 0 Å². The van der Waals surface area contributed by atoms with E-state index < -0.39 is 34.6 Å². The molecule has 0 spiro atoms. The van der Waals surface area contributed by atoms with Crippen LogP contribution in [0.1, 0.15) is 147 Å². The highest BCUT2D eigenvalue weighted by Gasteiger charge is 2.56. The third-order valence-corrected chi connectivity index (χ3v) is 16.7. The number of hydrogen-bond acceptors (Lipinski definition) is 7. The molecule has 370 valence electrons. The number of benzene rings is 3. The number of hydrogen-bond donors (Lipinski definition) is 5. The summed E-state index contributed by atoms with van der Waals surface area (Å²) in [7, 11) is 0. The number of phenols is 1. The maximum atomic E-state index is 14.6. The Balaban J connectivity index is 0.816. The van der Waals surface area contributed by atoms with E-state index >= 15 is 0 Å². The molecule has 5 aliphatic rings. The summed E-state index contributed by atoms with van der Waals surface area (Å²) in [4.78, 5) is 50.5. The van der Waals surface area contributed by atoms with Crippen molar-refractivity contribution in [1.29, 1.82) is 0 Å². The summed E-state index contributed by atoms with van der Waals surface area (Å²) in [5, 5.41) is 22.4. The lowest BCUT2D eigenvalue weighted by Crippen LogP contribution is -2.46. The lowest BCUT2D eigenvalue weighted by molar-refractivity contribution is -0.121. The van der Waals surface area contributed by atoms with Gasteiger partial charge in [0.05, 0.1) is 6.54 Å². The van der Waals surface area contributed by atoms with Crippen LogP contribution in [0.25, 0.3) is 33.4 Å². The molecule has 68 heavy (non-hydrogen) atoms. The van der Waals surface area contributed by atoms with E-state index in [9.17, 15) is 33.1 Å². The molecule has 2 aromatic carbocycles. The number of aromatic hydroxyl groups is 1. The number of halogens is 2. The van der Waals surface area contributed by atoms with Crippen LogP contribution >= 0.6 is 0 Å². The Morgan fingerprint density at radius 2 is 1.57 bits per heavy atom. The molecule has 0 bridgehead atoms. The van der Waals surface area contributed by atoms with Gasteiger partial charge in [0.15, 0.2) is 17.4 Å². The summed E-state index contributed by atoms with van der Waals surface area (Å²) >= 11 is 0. The minimum atomic E-state index is -1.01. The maximum Gasteiger partial charge on any atom is 0.251 e. The minimum Gasteiger partial charge on any atom is -0.505 e. The molecule has 5 N–H and O–H groups in total. The van der Waals surface area contributed by atoms with Gasteiger partial charge in [0, 0.05) is 59.8 Å². The normalized spacial score (nSPS) is 24.1. The van der Waals surface area contributed by atoms with Crippen molar-refractivity contribution in [1.82, 2.24) is 21.3 Å². The molecule has 3 amide bonds. The average molecular weight is 939 g/mol. The Hall–Kier alpha value is -4.84. The largest absolute Gasteiger partial charge is 0.505 e. The summed E-state index contributed by atoms with van der Waals surface area (Å²) in [6, 6.07) is 9.39. The number of carbonyl (C=O) groups is 3. The van der Waals surface area contributed by atoms with E-state index in [1.807, 2.05) is 0 Å². The quantitative estimate of drug-likeness (QED) is 0.0523. The van der Waals surface area contributed by atoms with Crippen LogP contribution in [0.4, 0.5) is 8.78 Å². The minimum absolute atomic E-state index is 0.0417. The highest BCUT2D eigenvalue weighted by Crippen LogP contribution is 2.64. The first-order valence-corrected chi connectivity index (χ1v) is 25.6. The first-order chi connectivity index (χ1) is 32.4. The van der Waals surface area contributed by atoms with Gasteiger partial charge in [-0.1, -0.05) is 73.3 Å². The van der Waals surface area contributed by atoms with Gasteiger partial charge in [0.25, 0.3) is 5.91 Å². The molecule has 12 heteroatoms. The second kappa shape index (κ2) is 21.8. The average Bonchev–Trinajstić information content (AvgIpc) is 3.66. The second-order valence-electron chi connectivity index (χ2n) is 22.1. The van der Waals surface area contributed by atoms with Crippen LogP contribution in [0, 0.1) is 64.9 Å². The van der Waals surface area contributed by atoms with Crippen LogP contribution in [0.2, 0.25) is 0 Å². The van der Waals surface area contributed by atoms with Crippen molar-refractivity contribution in [2.75, 3.05) is 26.2 Å². The molecule has 10 nitrogen and oxygen atoms in total. The van der Waals surface area contributed by atoms with E-state index in [0.29, 0.717) is 40.1 Å². The van der Waals surface area contributed by atoms with Gasteiger partial charge in [-0.3, -0.25) is 19.2 Å². The van der Waals surface area contributed by atoms with Crippen LogP contribution in [0.15, 0.2) is 51.7 Å². The van der Waals surface area contributed by atoms with Crippen molar-refractivity contribution in [2.24, 2.45) is 46.3 Å². The lowest BCUT2D eigenvalue weighted by atomic mass is 9.51. The summed E-state index contributed by atoms with van der Waals surface area (Å²) < 4.78 is 34.9. The van der Waals surface area contributed by atoms with Gasteiger partial charge < -0.3 is 30.8 Å². The van der Waals surface area contributed by atoms with Gasteiger partial charge in [-0.15, -0.1) is 0 Å². The molecule has 0 aromatic heterocycles. The molecule has 1 heterocycles. The molecule has 1 aliphatic heterocycles. The van der Waals surface area contributed by atoms with Crippen molar-refractivity contribution in [3.63, 3.8) is 0 Å². The van der Waals surface area contributed by atoms with E-state index in [-0.39, 0.29) is 53.3 Å².